The molecule has 0 saturated carbocycles. The average molecular weight is 377 g/mol. The Bertz CT molecular complexity index is 955. The molecule has 0 fully saturated rings. The van der Waals surface area contributed by atoms with Gasteiger partial charge in [-0.1, -0.05) is 19.1 Å². The van der Waals surface area contributed by atoms with Crippen molar-refractivity contribution in [1.82, 2.24) is 4.98 Å². The van der Waals surface area contributed by atoms with Gasteiger partial charge in [-0.15, -0.1) is 0 Å². The Morgan fingerprint density at radius 1 is 0.893 bits per heavy atom. The van der Waals surface area contributed by atoms with E-state index in [4.69, 9.17) is 9.47 Å². The predicted octanol–water partition coefficient (Wildman–Crippen LogP) is 4.66. The molecule has 0 spiro atoms. The lowest BCUT2D eigenvalue weighted by Gasteiger charge is -2.11. The van der Waals surface area contributed by atoms with E-state index in [0.29, 0.717) is 22.7 Å². The molecular weight excluding hydrogens is 354 g/mol. The van der Waals surface area contributed by atoms with Crippen LogP contribution in [0.4, 0.5) is 17.1 Å². The number of methoxy groups -OCH3 is 2. The summed E-state index contributed by atoms with van der Waals surface area (Å²) in [5, 5.41) is 6.12. The summed E-state index contributed by atoms with van der Waals surface area (Å²) >= 11 is 0. The molecule has 144 valence electrons. The van der Waals surface area contributed by atoms with Gasteiger partial charge in [0.25, 0.3) is 5.91 Å². The van der Waals surface area contributed by atoms with E-state index in [0.717, 1.165) is 17.8 Å². The number of nitrogens with one attached hydrogen (secondary N) is 2. The normalized spacial score (nSPS) is 10.2. The minimum atomic E-state index is -0.260. The number of aromatic nitrogens is 1. The Kier molecular flexibility index (Phi) is 6.11. The molecule has 2 N–H and O–H groups in total. The van der Waals surface area contributed by atoms with E-state index in [9.17, 15) is 4.79 Å². The molecule has 1 aromatic heterocycles. The Morgan fingerprint density at radius 3 is 2.29 bits per heavy atom. The van der Waals surface area contributed by atoms with Crippen LogP contribution in [0.5, 0.6) is 11.5 Å². The molecule has 3 rings (SSSR count). The Hall–Kier alpha value is -3.54. The summed E-state index contributed by atoms with van der Waals surface area (Å²) in [5.41, 5.74) is 4.01. The van der Waals surface area contributed by atoms with Gasteiger partial charge in [-0.05, 0) is 42.3 Å². The van der Waals surface area contributed by atoms with E-state index in [2.05, 4.69) is 34.7 Å². The third-order valence-electron chi connectivity index (χ3n) is 4.29. The number of nitrogens with zero attached hydrogens (tertiary/aromatic N) is 1. The summed E-state index contributed by atoms with van der Waals surface area (Å²) in [6, 6.07) is 15.1. The lowest BCUT2D eigenvalue weighted by atomic mass is 10.1. The second kappa shape index (κ2) is 8.90. The lowest BCUT2D eigenvalue weighted by molar-refractivity contribution is 0.102. The van der Waals surface area contributed by atoms with E-state index in [1.54, 1.807) is 44.7 Å². The quantitative estimate of drug-likeness (QED) is 0.627. The molecule has 0 aliphatic rings. The highest BCUT2D eigenvalue weighted by molar-refractivity contribution is 6.04. The molecule has 28 heavy (non-hydrogen) atoms. The van der Waals surface area contributed by atoms with Crippen molar-refractivity contribution in [2.45, 2.75) is 13.3 Å². The first-order chi connectivity index (χ1) is 13.6. The zero-order valence-electron chi connectivity index (χ0n) is 16.2. The highest BCUT2D eigenvalue weighted by Gasteiger charge is 2.10. The molecule has 1 amide bonds. The van der Waals surface area contributed by atoms with Gasteiger partial charge in [0.1, 0.15) is 0 Å². The molecule has 0 radical (unpaired) electrons. The first kappa shape index (κ1) is 19.2. The smallest absolute Gasteiger partial charge is 0.257 e. The van der Waals surface area contributed by atoms with Gasteiger partial charge in [0.2, 0.25) is 0 Å². The standard InChI is InChI=1S/C22H23N3O3/c1-4-15-5-7-17(8-6-15)24-19-11-16(13-23-14-19)22(26)25-18-9-10-20(27-2)21(12-18)28-3/h5-14,24H,4H2,1-3H3,(H,25,26). The third kappa shape index (κ3) is 4.59. The highest BCUT2D eigenvalue weighted by atomic mass is 16.5. The van der Waals surface area contributed by atoms with Crippen molar-refractivity contribution in [3.63, 3.8) is 0 Å². The van der Waals surface area contributed by atoms with Crippen molar-refractivity contribution in [1.29, 1.82) is 0 Å². The largest absolute Gasteiger partial charge is 0.493 e. The number of anilines is 3. The van der Waals surface area contributed by atoms with Crippen LogP contribution >= 0.6 is 0 Å². The molecule has 6 nitrogen and oxygen atoms in total. The zero-order chi connectivity index (χ0) is 19.9. The summed E-state index contributed by atoms with van der Waals surface area (Å²) in [6.07, 6.45) is 4.20. The molecular formula is C22H23N3O3. The average Bonchev–Trinajstić information content (AvgIpc) is 2.74. The number of carbonyl (C=O) groups is 1. The van der Waals surface area contributed by atoms with Crippen LogP contribution in [0.3, 0.4) is 0 Å². The molecule has 0 atom stereocenters. The summed E-state index contributed by atoms with van der Waals surface area (Å²) in [7, 11) is 3.12. The van der Waals surface area contributed by atoms with Gasteiger partial charge < -0.3 is 20.1 Å². The number of aryl methyl sites for hydroxylation is 1. The molecule has 1 heterocycles. The van der Waals surface area contributed by atoms with Crippen LogP contribution in [0.15, 0.2) is 60.9 Å². The van der Waals surface area contributed by atoms with Crippen LogP contribution in [-0.4, -0.2) is 25.1 Å². The second-order valence-electron chi connectivity index (χ2n) is 6.16. The van der Waals surface area contributed by atoms with Crippen LogP contribution in [0.1, 0.15) is 22.8 Å². The van der Waals surface area contributed by atoms with Crippen molar-refractivity contribution >= 4 is 23.0 Å². The predicted molar refractivity (Wildman–Crippen MR) is 111 cm³/mol. The minimum absolute atomic E-state index is 0.260. The van der Waals surface area contributed by atoms with Crippen LogP contribution in [0.25, 0.3) is 0 Å². The molecule has 3 aromatic rings. The Labute approximate surface area is 164 Å². The first-order valence-electron chi connectivity index (χ1n) is 8.97. The lowest BCUT2D eigenvalue weighted by Crippen LogP contribution is -2.12. The summed E-state index contributed by atoms with van der Waals surface area (Å²) in [6.45, 7) is 2.12. The fraction of sp³-hybridized carbons (Fsp3) is 0.182. The van der Waals surface area contributed by atoms with E-state index >= 15 is 0 Å². The summed E-state index contributed by atoms with van der Waals surface area (Å²) in [4.78, 5) is 16.8. The van der Waals surface area contributed by atoms with Crippen molar-refractivity contribution < 1.29 is 14.3 Å². The second-order valence-corrected chi connectivity index (χ2v) is 6.16. The number of benzene rings is 2. The van der Waals surface area contributed by atoms with Gasteiger partial charge in [0.05, 0.1) is 31.7 Å². The number of amides is 1. The van der Waals surface area contributed by atoms with E-state index in [1.165, 1.54) is 11.8 Å². The Morgan fingerprint density at radius 2 is 1.61 bits per heavy atom. The van der Waals surface area contributed by atoms with Crippen molar-refractivity contribution in [3.8, 4) is 11.5 Å². The molecule has 2 aromatic carbocycles. The maximum atomic E-state index is 12.6. The van der Waals surface area contributed by atoms with E-state index in [-0.39, 0.29) is 5.91 Å². The maximum Gasteiger partial charge on any atom is 0.257 e. The molecule has 0 unspecified atom stereocenters. The first-order valence-corrected chi connectivity index (χ1v) is 8.97. The van der Waals surface area contributed by atoms with Crippen LogP contribution in [0, 0.1) is 0 Å². The molecule has 6 heteroatoms. The number of rotatable bonds is 7. The number of hydrogen-bond acceptors (Lipinski definition) is 5. The van der Waals surface area contributed by atoms with Crippen molar-refractivity contribution in [2.75, 3.05) is 24.9 Å². The van der Waals surface area contributed by atoms with Crippen LogP contribution in [0.2, 0.25) is 0 Å². The third-order valence-corrected chi connectivity index (χ3v) is 4.29. The van der Waals surface area contributed by atoms with Gasteiger partial charge in [-0.3, -0.25) is 9.78 Å². The van der Waals surface area contributed by atoms with Crippen molar-refractivity contribution in [2.24, 2.45) is 0 Å². The summed E-state index contributed by atoms with van der Waals surface area (Å²) < 4.78 is 10.5. The summed E-state index contributed by atoms with van der Waals surface area (Å²) in [5.74, 6) is 0.886. The van der Waals surface area contributed by atoms with Gasteiger partial charge in [0.15, 0.2) is 11.5 Å². The fourth-order valence-electron chi connectivity index (χ4n) is 2.74. The SMILES string of the molecule is CCc1ccc(Nc2cncc(C(=O)Nc3ccc(OC)c(OC)c3)c2)cc1. The van der Waals surface area contributed by atoms with Gasteiger partial charge in [-0.2, -0.15) is 0 Å². The minimum Gasteiger partial charge on any atom is -0.493 e. The highest BCUT2D eigenvalue weighted by Crippen LogP contribution is 2.30. The van der Waals surface area contributed by atoms with E-state index in [1.807, 2.05) is 12.1 Å². The maximum absolute atomic E-state index is 12.6. The van der Waals surface area contributed by atoms with E-state index < -0.39 is 0 Å². The van der Waals surface area contributed by atoms with Crippen LogP contribution < -0.4 is 20.1 Å². The molecule has 0 aliphatic carbocycles. The number of ether oxygens (including phenoxy) is 2. The Balaban J connectivity index is 1.73. The van der Waals surface area contributed by atoms with Gasteiger partial charge in [-0.25, -0.2) is 0 Å². The number of pyridine rings is 1. The fourth-order valence-corrected chi connectivity index (χ4v) is 2.74. The zero-order valence-corrected chi connectivity index (χ0v) is 16.2. The van der Waals surface area contributed by atoms with Gasteiger partial charge in [0, 0.05) is 23.6 Å². The van der Waals surface area contributed by atoms with Gasteiger partial charge >= 0.3 is 0 Å². The number of hydrogen-bond donors (Lipinski definition) is 2. The van der Waals surface area contributed by atoms with Crippen LogP contribution in [-0.2, 0) is 6.42 Å². The topological polar surface area (TPSA) is 72.5 Å². The molecule has 0 aliphatic heterocycles. The monoisotopic (exact) mass is 377 g/mol. The van der Waals surface area contributed by atoms with Crippen molar-refractivity contribution in [3.05, 3.63) is 72.1 Å². The number of carbonyl (C=O) groups excluding carboxylic acids is 1. The molecule has 0 saturated heterocycles. The molecule has 0 bridgehead atoms.